The van der Waals surface area contributed by atoms with Crippen molar-refractivity contribution >= 4 is 11.8 Å². The number of rotatable bonds is 4. The van der Waals surface area contributed by atoms with Gasteiger partial charge < -0.3 is 14.8 Å². The zero-order valence-corrected chi connectivity index (χ0v) is 14.9. The van der Waals surface area contributed by atoms with Gasteiger partial charge in [0.25, 0.3) is 11.5 Å². The van der Waals surface area contributed by atoms with Gasteiger partial charge in [0.2, 0.25) is 5.91 Å². The van der Waals surface area contributed by atoms with Gasteiger partial charge in [-0.1, -0.05) is 6.07 Å². The number of nitrogens with zero attached hydrogens (tertiary/aromatic N) is 4. The second-order valence-electron chi connectivity index (χ2n) is 7.09. The molecule has 1 saturated heterocycles. The Hall–Kier alpha value is -3.03. The van der Waals surface area contributed by atoms with E-state index in [9.17, 15) is 14.4 Å². The van der Waals surface area contributed by atoms with E-state index in [4.69, 9.17) is 0 Å². The van der Waals surface area contributed by atoms with E-state index in [0.29, 0.717) is 25.6 Å². The molecule has 0 spiro atoms. The zero-order valence-electron chi connectivity index (χ0n) is 14.9. The van der Waals surface area contributed by atoms with Gasteiger partial charge in [0.1, 0.15) is 5.69 Å². The van der Waals surface area contributed by atoms with Gasteiger partial charge in [0.15, 0.2) is 0 Å². The van der Waals surface area contributed by atoms with Gasteiger partial charge in [-0.25, -0.2) is 4.98 Å². The van der Waals surface area contributed by atoms with Gasteiger partial charge in [0, 0.05) is 62.7 Å². The van der Waals surface area contributed by atoms with E-state index in [0.717, 1.165) is 12.1 Å². The van der Waals surface area contributed by atoms with Crippen molar-refractivity contribution in [1.82, 2.24) is 24.8 Å². The normalized spacial score (nSPS) is 20.7. The molecule has 0 aromatic carbocycles. The van der Waals surface area contributed by atoms with Gasteiger partial charge in [0.05, 0.1) is 6.20 Å². The predicted molar refractivity (Wildman–Crippen MR) is 97.1 cm³/mol. The van der Waals surface area contributed by atoms with Crippen LogP contribution in [0, 0.1) is 5.92 Å². The number of carbonyl (C=O) groups excluding carboxylic acids is 2. The minimum Gasteiger partial charge on any atom is -0.350 e. The lowest BCUT2D eigenvalue weighted by Gasteiger charge is -2.42. The van der Waals surface area contributed by atoms with Crippen molar-refractivity contribution in [2.75, 3.05) is 19.6 Å². The highest BCUT2D eigenvalue weighted by atomic mass is 16.2. The van der Waals surface area contributed by atoms with Crippen molar-refractivity contribution in [2.45, 2.75) is 25.3 Å². The number of piperidine rings is 1. The van der Waals surface area contributed by atoms with Crippen LogP contribution in [0.15, 0.2) is 41.6 Å². The predicted octanol–water partition coefficient (Wildman–Crippen LogP) is 0.404. The number of hydrogen-bond donors (Lipinski definition) is 1. The summed E-state index contributed by atoms with van der Waals surface area (Å²) in [6.07, 6.45) is 5.60. The maximum Gasteiger partial charge on any atom is 0.271 e. The molecule has 2 atom stereocenters. The number of pyridine rings is 1. The maximum atomic E-state index is 12.6. The summed E-state index contributed by atoms with van der Waals surface area (Å²) in [5.74, 6) is 0.189. The van der Waals surface area contributed by atoms with E-state index in [1.54, 1.807) is 12.1 Å². The van der Waals surface area contributed by atoms with Crippen LogP contribution in [-0.2, 0) is 11.3 Å². The Kier molecular flexibility index (Phi) is 4.70. The summed E-state index contributed by atoms with van der Waals surface area (Å²) in [5.41, 5.74) is 1.29. The Morgan fingerprint density at radius 3 is 2.89 bits per heavy atom. The standard InChI is InChI=1S/C19H21N5O3/c25-17(4-5-22-19(27)15-9-20-6-7-21-15)23-10-13-8-14(12-23)16-2-1-3-18(26)24(16)11-13/h1-3,6-7,9,13-14H,4-5,8,10-12H2,(H,22,27). The van der Waals surface area contributed by atoms with Crippen LogP contribution in [0.2, 0.25) is 0 Å². The molecule has 0 saturated carbocycles. The van der Waals surface area contributed by atoms with Gasteiger partial charge in [-0.3, -0.25) is 19.4 Å². The van der Waals surface area contributed by atoms with Crippen LogP contribution in [0.25, 0.3) is 0 Å². The second kappa shape index (κ2) is 7.30. The molecule has 2 unspecified atom stereocenters. The Morgan fingerprint density at radius 2 is 2.07 bits per heavy atom. The number of aromatic nitrogens is 3. The molecule has 0 aliphatic carbocycles. The molecule has 2 aromatic heterocycles. The Balaban J connectivity index is 1.34. The first-order chi connectivity index (χ1) is 13.1. The highest BCUT2D eigenvalue weighted by Crippen LogP contribution is 2.35. The summed E-state index contributed by atoms with van der Waals surface area (Å²) in [4.78, 5) is 46.3. The van der Waals surface area contributed by atoms with Gasteiger partial charge in [-0.15, -0.1) is 0 Å². The van der Waals surface area contributed by atoms with Crippen LogP contribution in [0.1, 0.15) is 34.9 Å². The van der Waals surface area contributed by atoms with Crippen molar-refractivity contribution < 1.29 is 9.59 Å². The number of carbonyl (C=O) groups is 2. The molecular weight excluding hydrogens is 346 g/mol. The molecule has 2 amide bonds. The van der Waals surface area contributed by atoms with E-state index < -0.39 is 0 Å². The zero-order chi connectivity index (χ0) is 18.8. The third kappa shape index (κ3) is 3.60. The largest absolute Gasteiger partial charge is 0.350 e. The molecule has 8 heteroatoms. The van der Waals surface area contributed by atoms with Crippen molar-refractivity contribution in [2.24, 2.45) is 5.92 Å². The molecule has 8 nitrogen and oxygen atoms in total. The Morgan fingerprint density at radius 1 is 1.19 bits per heavy atom. The lowest BCUT2D eigenvalue weighted by atomic mass is 9.83. The van der Waals surface area contributed by atoms with E-state index >= 15 is 0 Å². The SMILES string of the molecule is O=C(NCCC(=O)N1CC2CC(C1)c1cccc(=O)n1C2)c1cnccn1. The minimum atomic E-state index is -0.334. The third-order valence-electron chi connectivity index (χ3n) is 5.25. The number of likely N-dealkylation sites (tertiary alicyclic amines) is 1. The van der Waals surface area contributed by atoms with Gasteiger partial charge in [-0.05, 0) is 18.4 Å². The molecule has 1 fully saturated rings. The number of nitrogens with one attached hydrogen (secondary N) is 1. The molecule has 27 heavy (non-hydrogen) atoms. The molecule has 140 valence electrons. The average Bonchev–Trinajstić information content (AvgIpc) is 2.69. The highest BCUT2D eigenvalue weighted by molar-refractivity contribution is 5.92. The topological polar surface area (TPSA) is 97.2 Å². The molecule has 2 bridgehead atoms. The first-order valence-electron chi connectivity index (χ1n) is 9.13. The summed E-state index contributed by atoms with van der Waals surface area (Å²) in [7, 11) is 0. The number of hydrogen-bond acceptors (Lipinski definition) is 5. The van der Waals surface area contributed by atoms with Crippen LogP contribution in [0.4, 0.5) is 0 Å². The van der Waals surface area contributed by atoms with E-state index in [-0.39, 0.29) is 42.0 Å². The molecule has 2 aliphatic rings. The third-order valence-corrected chi connectivity index (χ3v) is 5.25. The Labute approximate surface area is 156 Å². The number of amides is 2. The molecule has 1 N–H and O–H groups in total. The minimum absolute atomic E-state index is 0.0240. The van der Waals surface area contributed by atoms with Crippen LogP contribution < -0.4 is 10.9 Å². The summed E-state index contributed by atoms with van der Waals surface area (Å²) in [5, 5.41) is 2.71. The first-order valence-corrected chi connectivity index (χ1v) is 9.13. The average molecular weight is 367 g/mol. The molecular formula is C19H21N5O3. The Bertz CT molecular complexity index is 911. The molecule has 2 aromatic rings. The fraction of sp³-hybridized carbons (Fsp3) is 0.421. The summed E-state index contributed by atoms with van der Waals surface area (Å²) >= 11 is 0. The van der Waals surface area contributed by atoms with Gasteiger partial charge in [-0.2, -0.15) is 0 Å². The van der Waals surface area contributed by atoms with Crippen LogP contribution in [0.3, 0.4) is 0 Å². The first kappa shape index (κ1) is 17.4. The lowest BCUT2D eigenvalue weighted by Crippen LogP contribution is -2.49. The molecule has 2 aliphatic heterocycles. The molecule has 0 radical (unpaired) electrons. The quantitative estimate of drug-likeness (QED) is 0.844. The van der Waals surface area contributed by atoms with E-state index in [1.807, 2.05) is 15.5 Å². The summed E-state index contributed by atoms with van der Waals surface area (Å²) in [6, 6.07) is 5.36. The second-order valence-corrected chi connectivity index (χ2v) is 7.09. The number of fused-ring (bicyclic) bond motifs is 4. The van der Waals surface area contributed by atoms with Crippen molar-refractivity contribution in [3.63, 3.8) is 0 Å². The van der Waals surface area contributed by atoms with Crippen LogP contribution in [-0.4, -0.2) is 50.9 Å². The van der Waals surface area contributed by atoms with E-state index in [2.05, 4.69) is 15.3 Å². The van der Waals surface area contributed by atoms with Gasteiger partial charge >= 0.3 is 0 Å². The summed E-state index contributed by atoms with van der Waals surface area (Å²) in [6.45, 7) is 2.21. The fourth-order valence-electron chi connectivity index (χ4n) is 4.05. The van der Waals surface area contributed by atoms with Crippen LogP contribution >= 0.6 is 0 Å². The van der Waals surface area contributed by atoms with Crippen molar-refractivity contribution in [3.05, 3.63) is 58.5 Å². The van der Waals surface area contributed by atoms with Crippen LogP contribution in [0.5, 0.6) is 0 Å². The molecule has 4 heterocycles. The highest BCUT2D eigenvalue weighted by Gasteiger charge is 2.35. The van der Waals surface area contributed by atoms with Crippen molar-refractivity contribution in [3.8, 4) is 0 Å². The summed E-state index contributed by atoms with van der Waals surface area (Å²) < 4.78 is 1.85. The smallest absolute Gasteiger partial charge is 0.271 e. The van der Waals surface area contributed by atoms with E-state index in [1.165, 1.54) is 18.6 Å². The van der Waals surface area contributed by atoms with Crippen molar-refractivity contribution in [1.29, 1.82) is 0 Å². The lowest BCUT2D eigenvalue weighted by molar-refractivity contribution is -0.133. The monoisotopic (exact) mass is 367 g/mol. The molecule has 4 rings (SSSR count). The fourth-order valence-corrected chi connectivity index (χ4v) is 4.05. The maximum absolute atomic E-state index is 12.6.